The molecule has 0 unspecified atom stereocenters. The Labute approximate surface area is 117 Å². The Balaban J connectivity index is 1.75. The summed E-state index contributed by atoms with van der Waals surface area (Å²) < 4.78 is 5.44. The maximum Gasteiger partial charge on any atom is 0.255 e. The first kappa shape index (κ1) is 12.7. The topological polar surface area (TPSA) is 64.4 Å². The van der Waals surface area contributed by atoms with Gasteiger partial charge in [-0.2, -0.15) is 0 Å². The predicted octanol–water partition coefficient (Wildman–Crippen LogP) is 2.33. The lowest BCUT2D eigenvalue weighted by atomic mass is 10.1. The van der Waals surface area contributed by atoms with E-state index in [-0.39, 0.29) is 5.91 Å². The third-order valence-corrected chi connectivity index (χ3v) is 3.40. The van der Waals surface area contributed by atoms with Crippen LogP contribution in [0.4, 0.5) is 5.69 Å². The van der Waals surface area contributed by atoms with Crippen molar-refractivity contribution < 1.29 is 9.53 Å². The molecule has 2 aromatic carbocycles. The highest BCUT2D eigenvalue weighted by Gasteiger charge is 2.13. The lowest BCUT2D eigenvalue weighted by Gasteiger charge is -2.07. The van der Waals surface area contributed by atoms with Gasteiger partial charge in [0.2, 0.25) is 0 Å². The van der Waals surface area contributed by atoms with Crippen LogP contribution in [0.25, 0.3) is 0 Å². The summed E-state index contributed by atoms with van der Waals surface area (Å²) in [6, 6.07) is 13.0. The number of benzene rings is 2. The number of nitrogens with two attached hydrogens (primary N) is 1. The zero-order valence-corrected chi connectivity index (χ0v) is 11.1. The van der Waals surface area contributed by atoms with Gasteiger partial charge in [0.05, 0.1) is 6.61 Å². The Bertz CT molecular complexity index is 635. The Kier molecular flexibility index (Phi) is 3.39. The molecule has 1 heterocycles. The Hall–Kier alpha value is -2.33. The summed E-state index contributed by atoms with van der Waals surface area (Å²) in [6.07, 6.45) is 0.893. The minimum atomic E-state index is -0.118. The van der Waals surface area contributed by atoms with Crippen LogP contribution in [0, 0.1) is 0 Å². The molecule has 3 N–H and O–H groups in total. The van der Waals surface area contributed by atoms with Crippen LogP contribution >= 0.6 is 0 Å². The van der Waals surface area contributed by atoms with Gasteiger partial charge in [-0.1, -0.05) is 12.1 Å². The first-order valence-electron chi connectivity index (χ1n) is 6.62. The minimum Gasteiger partial charge on any atom is -0.493 e. The van der Waals surface area contributed by atoms with Crippen LogP contribution in [0.2, 0.25) is 0 Å². The summed E-state index contributed by atoms with van der Waals surface area (Å²) >= 11 is 0. The van der Waals surface area contributed by atoms with E-state index in [1.54, 1.807) is 12.1 Å². The van der Waals surface area contributed by atoms with Crippen molar-refractivity contribution in [3.05, 3.63) is 59.2 Å². The van der Waals surface area contributed by atoms with Gasteiger partial charge in [-0.15, -0.1) is 0 Å². The number of nitrogens with one attached hydrogen (secondary N) is 1. The highest BCUT2D eigenvalue weighted by Crippen LogP contribution is 2.28. The van der Waals surface area contributed by atoms with Crippen molar-refractivity contribution in [3.63, 3.8) is 0 Å². The fourth-order valence-corrected chi connectivity index (χ4v) is 2.26. The number of fused-ring (bicyclic) bond motifs is 1. The number of amides is 1. The average Bonchev–Trinajstić information content (AvgIpc) is 2.95. The van der Waals surface area contributed by atoms with E-state index < -0.39 is 0 Å². The second-order valence-corrected chi connectivity index (χ2v) is 4.78. The summed E-state index contributed by atoms with van der Waals surface area (Å²) in [5, 5.41) is 2.90. The van der Waals surface area contributed by atoms with Gasteiger partial charge in [-0.05, 0) is 41.5 Å². The summed E-state index contributed by atoms with van der Waals surface area (Å²) in [5.41, 5.74) is 9.11. The molecule has 2 aromatic rings. The number of carbonyl (C=O) groups is 1. The number of ether oxygens (including phenoxy) is 1. The number of rotatable bonds is 3. The van der Waals surface area contributed by atoms with Crippen LogP contribution in [0.15, 0.2) is 42.5 Å². The number of hydrogen-bond acceptors (Lipinski definition) is 3. The quantitative estimate of drug-likeness (QED) is 0.898. The summed E-state index contributed by atoms with van der Waals surface area (Å²) in [6.45, 7) is 1.19. The largest absolute Gasteiger partial charge is 0.493 e. The normalized spacial score (nSPS) is 12.7. The number of anilines is 1. The highest BCUT2D eigenvalue weighted by atomic mass is 16.5. The lowest BCUT2D eigenvalue weighted by Crippen LogP contribution is -2.12. The molecule has 0 bridgehead atoms. The van der Waals surface area contributed by atoms with Crippen LogP contribution in [0.3, 0.4) is 0 Å². The van der Waals surface area contributed by atoms with Gasteiger partial charge in [-0.25, -0.2) is 0 Å². The van der Waals surface area contributed by atoms with Crippen molar-refractivity contribution in [2.75, 3.05) is 11.9 Å². The molecule has 3 rings (SSSR count). The Morgan fingerprint density at radius 1 is 1.20 bits per heavy atom. The van der Waals surface area contributed by atoms with E-state index in [9.17, 15) is 4.79 Å². The van der Waals surface area contributed by atoms with E-state index in [1.807, 2.05) is 30.3 Å². The molecule has 4 heteroatoms. The summed E-state index contributed by atoms with van der Waals surface area (Å²) in [7, 11) is 0. The number of carbonyl (C=O) groups excluding carboxylic acids is 1. The van der Waals surface area contributed by atoms with E-state index in [0.717, 1.165) is 29.0 Å². The van der Waals surface area contributed by atoms with Gasteiger partial charge >= 0.3 is 0 Å². The molecule has 0 spiro atoms. The molecular formula is C16H16N2O2. The molecule has 0 fully saturated rings. The average molecular weight is 268 g/mol. The van der Waals surface area contributed by atoms with Crippen LogP contribution < -0.4 is 15.8 Å². The molecule has 20 heavy (non-hydrogen) atoms. The van der Waals surface area contributed by atoms with Gasteiger partial charge < -0.3 is 15.8 Å². The van der Waals surface area contributed by atoms with E-state index in [4.69, 9.17) is 10.5 Å². The zero-order chi connectivity index (χ0) is 13.9. The third kappa shape index (κ3) is 2.51. The van der Waals surface area contributed by atoms with Gasteiger partial charge in [0.1, 0.15) is 5.75 Å². The highest BCUT2D eigenvalue weighted by molar-refractivity contribution is 6.04. The van der Waals surface area contributed by atoms with Gasteiger partial charge in [-0.3, -0.25) is 4.79 Å². The van der Waals surface area contributed by atoms with E-state index >= 15 is 0 Å². The second kappa shape index (κ2) is 5.35. The Morgan fingerprint density at radius 3 is 2.75 bits per heavy atom. The number of hydrogen-bond donors (Lipinski definition) is 2. The standard InChI is InChI=1S/C16H16N2O2/c17-10-11-1-3-12(4-2-11)16(19)18-14-5-6-15-13(9-14)7-8-20-15/h1-6,9H,7-8,10,17H2,(H,18,19). The fourth-order valence-electron chi connectivity index (χ4n) is 2.26. The van der Waals surface area contributed by atoms with Crippen LogP contribution in [0.1, 0.15) is 21.5 Å². The van der Waals surface area contributed by atoms with E-state index in [1.165, 1.54) is 0 Å². The van der Waals surface area contributed by atoms with Crippen LogP contribution in [-0.2, 0) is 13.0 Å². The van der Waals surface area contributed by atoms with Gasteiger partial charge in [0.15, 0.2) is 0 Å². The molecule has 1 aliphatic rings. The zero-order valence-electron chi connectivity index (χ0n) is 11.1. The monoisotopic (exact) mass is 268 g/mol. The SMILES string of the molecule is NCc1ccc(C(=O)Nc2ccc3c(c2)CCO3)cc1. The second-order valence-electron chi connectivity index (χ2n) is 4.78. The molecule has 0 saturated heterocycles. The van der Waals surface area contributed by atoms with Gasteiger partial charge in [0, 0.05) is 24.2 Å². The van der Waals surface area contributed by atoms with E-state index in [0.29, 0.717) is 18.7 Å². The molecular weight excluding hydrogens is 252 g/mol. The van der Waals surface area contributed by atoms with Gasteiger partial charge in [0.25, 0.3) is 5.91 Å². The molecule has 102 valence electrons. The molecule has 0 radical (unpaired) electrons. The molecule has 0 saturated carbocycles. The molecule has 0 aliphatic carbocycles. The summed E-state index contributed by atoms with van der Waals surface area (Å²) in [5.74, 6) is 0.794. The maximum atomic E-state index is 12.1. The smallest absolute Gasteiger partial charge is 0.255 e. The minimum absolute atomic E-state index is 0.118. The van der Waals surface area contributed by atoms with E-state index in [2.05, 4.69) is 5.32 Å². The molecule has 0 atom stereocenters. The van der Waals surface area contributed by atoms with Crippen molar-refractivity contribution >= 4 is 11.6 Å². The van der Waals surface area contributed by atoms with Crippen molar-refractivity contribution in [1.29, 1.82) is 0 Å². The third-order valence-electron chi connectivity index (χ3n) is 3.40. The van der Waals surface area contributed by atoms with Crippen molar-refractivity contribution in [2.24, 2.45) is 5.73 Å². The first-order chi connectivity index (χ1) is 9.76. The Morgan fingerprint density at radius 2 is 2.00 bits per heavy atom. The fraction of sp³-hybridized carbons (Fsp3) is 0.188. The van der Waals surface area contributed by atoms with Crippen LogP contribution in [-0.4, -0.2) is 12.5 Å². The molecule has 1 amide bonds. The predicted molar refractivity (Wildman–Crippen MR) is 77.9 cm³/mol. The van der Waals surface area contributed by atoms with Crippen LogP contribution in [0.5, 0.6) is 5.75 Å². The summed E-state index contributed by atoms with van der Waals surface area (Å²) in [4.78, 5) is 12.1. The van der Waals surface area contributed by atoms with Crippen molar-refractivity contribution in [1.82, 2.24) is 0 Å². The lowest BCUT2D eigenvalue weighted by molar-refractivity contribution is 0.102. The molecule has 4 nitrogen and oxygen atoms in total. The molecule has 1 aliphatic heterocycles. The van der Waals surface area contributed by atoms with Crippen molar-refractivity contribution in [3.8, 4) is 5.75 Å². The first-order valence-corrected chi connectivity index (χ1v) is 6.62. The molecule has 0 aromatic heterocycles. The maximum absolute atomic E-state index is 12.1. The van der Waals surface area contributed by atoms with Crippen molar-refractivity contribution in [2.45, 2.75) is 13.0 Å².